The van der Waals surface area contributed by atoms with Gasteiger partial charge >= 0.3 is 0 Å². The van der Waals surface area contributed by atoms with E-state index >= 15 is 0 Å². The molecular weight excluding hydrogens is 282 g/mol. The third-order valence-corrected chi connectivity index (χ3v) is 3.13. The van der Waals surface area contributed by atoms with Crippen LogP contribution in [0.3, 0.4) is 0 Å². The molecule has 0 aliphatic rings. The van der Waals surface area contributed by atoms with E-state index in [1.807, 2.05) is 31.2 Å². The Hall–Kier alpha value is -2.89. The van der Waals surface area contributed by atoms with Crippen molar-refractivity contribution in [3.8, 4) is 11.5 Å². The first-order valence-corrected chi connectivity index (χ1v) is 6.93. The van der Waals surface area contributed by atoms with Gasteiger partial charge in [0.05, 0.1) is 6.26 Å². The standard InChI is InChI=1S/C16H15N3O3/c1-11-4-6-12(7-5-11)16-19-18-14(22-16)8-9-17-15(20)13-3-2-10-21-13/h2-7,10H,8-9H2,1H3,(H,17,20). The van der Waals surface area contributed by atoms with E-state index in [0.717, 1.165) is 5.56 Å². The van der Waals surface area contributed by atoms with Gasteiger partial charge in [-0.25, -0.2) is 0 Å². The van der Waals surface area contributed by atoms with Crippen LogP contribution in [-0.4, -0.2) is 22.6 Å². The van der Waals surface area contributed by atoms with Crippen molar-refractivity contribution in [3.63, 3.8) is 0 Å². The number of nitrogens with zero attached hydrogens (tertiary/aromatic N) is 2. The SMILES string of the molecule is Cc1ccc(-c2nnc(CCNC(=O)c3ccco3)o2)cc1. The van der Waals surface area contributed by atoms with Gasteiger partial charge in [-0.15, -0.1) is 10.2 Å². The molecule has 0 fully saturated rings. The van der Waals surface area contributed by atoms with Gasteiger partial charge in [-0.3, -0.25) is 4.79 Å². The lowest BCUT2D eigenvalue weighted by atomic mass is 10.1. The maximum absolute atomic E-state index is 11.7. The molecule has 2 heterocycles. The van der Waals surface area contributed by atoms with Crippen molar-refractivity contribution in [1.82, 2.24) is 15.5 Å². The van der Waals surface area contributed by atoms with Crippen LogP contribution >= 0.6 is 0 Å². The average molecular weight is 297 g/mol. The van der Waals surface area contributed by atoms with E-state index in [1.165, 1.54) is 11.8 Å². The van der Waals surface area contributed by atoms with E-state index in [9.17, 15) is 4.79 Å². The number of carbonyl (C=O) groups is 1. The summed E-state index contributed by atoms with van der Waals surface area (Å²) in [6, 6.07) is 11.1. The second-order valence-corrected chi connectivity index (χ2v) is 4.85. The zero-order valence-corrected chi connectivity index (χ0v) is 12.1. The van der Waals surface area contributed by atoms with Gasteiger partial charge in [0, 0.05) is 18.5 Å². The zero-order valence-electron chi connectivity index (χ0n) is 12.1. The fourth-order valence-corrected chi connectivity index (χ4v) is 1.95. The predicted octanol–water partition coefficient (Wildman–Crippen LogP) is 2.61. The molecular formula is C16H15N3O3. The molecule has 0 aliphatic heterocycles. The number of carbonyl (C=O) groups excluding carboxylic acids is 1. The summed E-state index contributed by atoms with van der Waals surface area (Å²) >= 11 is 0. The third-order valence-electron chi connectivity index (χ3n) is 3.13. The maximum Gasteiger partial charge on any atom is 0.286 e. The van der Waals surface area contributed by atoms with Gasteiger partial charge in [-0.1, -0.05) is 17.7 Å². The highest BCUT2D eigenvalue weighted by molar-refractivity contribution is 5.91. The van der Waals surface area contributed by atoms with Crippen LogP contribution in [-0.2, 0) is 6.42 Å². The maximum atomic E-state index is 11.7. The summed E-state index contributed by atoms with van der Waals surface area (Å²) in [7, 11) is 0. The number of hydrogen-bond donors (Lipinski definition) is 1. The molecule has 0 aliphatic carbocycles. The van der Waals surface area contributed by atoms with Gasteiger partial charge < -0.3 is 14.2 Å². The molecule has 0 radical (unpaired) electrons. The Morgan fingerprint density at radius 2 is 2.00 bits per heavy atom. The van der Waals surface area contributed by atoms with Crippen LogP contribution in [0.5, 0.6) is 0 Å². The summed E-state index contributed by atoms with van der Waals surface area (Å²) in [4.78, 5) is 11.7. The summed E-state index contributed by atoms with van der Waals surface area (Å²) < 4.78 is 10.6. The van der Waals surface area contributed by atoms with E-state index in [-0.39, 0.29) is 11.7 Å². The number of furan rings is 1. The average Bonchev–Trinajstić information content (AvgIpc) is 3.19. The van der Waals surface area contributed by atoms with Gasteiger partial charge in [0.15, 0.2) is 5.76 Å². The number of amides is 1. The first-order chi connectivity index (χ1) is 10.7. The van der Waals surface area contributed by atoms with Gasteiger partial charge in [-0.2, -0.15) is 0 Å². The van der Waals surface area contributed by atoms with E-state index < -0.39 is 0 Å². The smallest absolute Gasteiger partial charge is 0.286 e. The van der Waals surface area contributed by atoms with E-state index in [2.05, 4.69) is 15.5 Å². The first kappa shape index (κ1) is 14.1. The summed E-state index contributed by atoms with van der Waals surface area (Å²) in [5, 5.41) is 10.7. The molecule has 22 heavy (non-hydrogen) atoms. The fourth-order valence-electron chi connectivity index (χ4n) is 1.95. The highest BCUT2D eigenvalue weighted by Crippen LogP contribution is 2.18. The Morgan fingerprint density at radius 1 is 1.18 bits per heavy atom. The molecule has 6 nitrogen and oxygen atoms in total. The minimum absolute atomic E-state index is 0.261. The van der Waals surface area contributed by atoms with Crippen molar-refractivity contribution in [2.45, 2.75) is 13.3 Å². The quantitative estimate of drug-likeness (QED) is 0.783. The van der Waals surface area contributed by atoms with Gasteiger partial charge in [0.25, 0.3) is 5.91 Å². The van der Waals surface area contributed by atoms with Gasteiger partial charge in [0.1, 0.15) is 0 Å². The summed E-state index contributed by atoms with van der Waals surface area (Å²) in [5.74, 6) is 0.983. The Labute approximate surface area is 127 Å². The van der Waals surface area contributed by atoms with Crippen molar-refractivity contribution in [1.29, 1.82) is 0 Å². The van der Waals surface area contributed by atoms with Crippen molar-refractivity contribution in [3.05, 3.63) is 59.9 Å². The molecule has 3 rings (SSSR count). The lowest BCUT2D eigenvalue weighted by Gasteiger charge is -2.00. The number of rotatable bonds is 5. The summed E-state index contributed by atoms with van der Waals surface area (Å²) in [6.07, 6.45) is 1.92. The molecule has 112 valence electrons. The minimum Gasteiger partial charge on any atom is -0.459 e. The van der Waals surface area contributed by atoms with Crippen LogP contribution in [0.4, 0.5) is 0 Å². The molecule has 6 heteroatoms. The molecule has 0 saturated heterocycles. The molecule has 1 amide bonds. The molecule has 1 N–H and O–H groups in total. The number of aromatic nitrogens is 2. The molecule has 1 aromatic carbocycles. The van der Waals surface area contributed by atoms with Crippen LogP contribution in [0, 0.1) is 6.92 Å². The lowest BCUT2D eigenvalue weighted by molar-refractivity contribution is 0.0926. The number of benzene rings is 1. The second kappa shape index (κ2) is 6.26. The largest absolute Gasteiger partial charge is 0.459 e. The minimum atomic E-state index is -0.261. The molecule has 0 saturated carbocycles. The Balaban J connectivity index is 1.56. The molecule has 0 unspecified atom stereocenters. The van der Waals surface area contributed by atoms with Gasteiger partial charge in [-0.05, 0) is 31.2 Å². The van der Waals surface area contributed by atoms with E-state index in [4.69, 9.17) is 8.83 Å². The highest BCUT2D eigenvalue weighted by atomic mass is 16.4. The second-order valence-electron chi connectivity index (χ2n) is 4.85. The monoisotopic (exact) mass is 297 g/mol. The topological polar surface area (TPSA) is 81.2 Å². The van der Waals surface area contributed by atoms with E-state index in [1.54, 1.807) is 12.1 Å². The van der Waals surface area contributed by atoms with Crippen LogP contribution in [0.15, 0.2) is 51.5 Å². The van der Waals surface area contributed by atoms with Gasteiger partial charge in [0.2, 0.25) is 11.8 Å². The molecule has 2 aromatic heterocycles. The van der Waals surface area contributed by atoms with Crippen LogP contribution in [0.2, 0.25) is 0 Å². The van der Waals surface area contributed by atoms with Crippen molar-refractivity contribution in [2.24, 2.45) is 0 Å². The Bertz CT molecular complexity index is 745. The van der Waals surface area contributed by atoms with Crippen LogP contribution in [0.1, 0.15) is 22.0 Å². The number of hydrogen-bond acceptors (Lipinski definition) is 5. The first-order valence-electron chi connectivity index (χ1n) is 6.93. The number of aryl methyl sites for hydroxylation is 1. The number of nitrogens with one attached hydrogen (secondary N) is 1. The Kier molecular flexibility index (Phi) is 4.00. The van der Waals surface area contributed by atoms with E-state index in [0.29, 0.717) is 24.7 Å². The highest BCUT2D eigenvalue weighted by Gasteiger charge is 2.10. The normalized spacial score (nSPS) is 10.6. The predicted molar refractivity (Wildman–Crippen MR) is 79.2 cm³/mol. The molecule has 3 aromatic rings. The lowest BCUT2D eigenvalue weighted by Crippen LogP contribution is -2.25. The summed E-state index contributed by atoms with van der Waals surface area (Å²) in [6.45, 7) is 2.42. The fraction of sp³-hybridized carbons (Fsp3) is 0.188. The Morgan fingerprint density at radius 3 is 2.73 bits per heavy atom. The van der Waals surface area contributed by atoms with Crippen LogP contribution in [0.25, 0.3) is 11.5 Å². The summed E-state index contributed by atoms with van der Waals surface area (Å²) in [5.41, 5.74) is 2.05. The molecule has 0 bridgehead atoms. The zero-order chi connectivity index (χ0) is 15.4. The third kappa shape index (κ3) is 3.22. The van der Waals surface area contributed by atoms with Crippen LogP contribution < -0.4 is 5.32 Å². The van der Waals surface area contributed by atoms with Crippen molar-refractivity contribution < 1.29 is 13.6 Å². The molecule has 0 atom stereocenters. The molecule has 0 spiro atoms. The van der Waals surface area contributed by atoms with Crippen molar-refractivity contribution >= 4 is 5.91 Å². The van der Waals surface area contributed by atoms with Crippen molar-refractivity contribution in [2.75, 3.05) is 6.54 Å².